The number of benzene rings is 1. The van der Waals surface area contributed by atoms with Gasteiger partial charge in [-0.05, 0) is 37.4 Å². The predicted molar refractivity (Wildman–Crippen MR) is 108 cm³/mol. The van der Waals surface area contributed by atoms with E-state index in [0.29, 0.717) is 22.5 Å². The summed E-state index contributed by atoms with van der Waals surface area (Å²) in [7, 11) is 0. The average Bonchev–Trinajstić information content (AvgIpc) is 3.41. The first-order chi connectivity index (χ1) is 13.2. The van der Waals surface area contributed by atoms with E-state index in [1.54, 1.807) is 11.3 Å². The van der Waals surface area contributed by atoms with Gasteiger partial charge in [0, 0.05) is 6.54 Å². The van der Waals surface area contributed by atoms with Crippen molar-refractivity contribution >= 4 is 34.7 Å². The Morgan fingerprint density at radius 3 is 2.93 bits per heavy atom. The minimum absolute atomic E-state index is 0.426. The highest BCUT2D eigenvalue weighted by atomic mass is 35.5. The molecule has 0 saturated heterocycles. The van der Waals surface area contributed by atoms with Crippen LogP contribution < -0.4 is 0 Å². The second kappa shape index (κ2) is 7.84. The van der Waals surface area contributed by atoms with Gasteiger partial charge in [-0.3, -0.25) is 0 Å². The monoisotopic (exact) mass is 417 g/mol. The van der Waals surface area contributed by atoms with Crippen LogP contribution in [0.3, 0.4) is 0 Å². The van der Waals surface area contributed by atoms with Crippen LogP contribution in [0.5, 0.6) is 0 Å². The van der Waals surface area contributed by atoms with Gasteiger partial charge in [0.1, 0.15) is 0 Å². The maximum atomic E-state index is 6.25. The number of thiophene rings is 1. The Hall–Kier alpha value is -2.16. The molecule has 0 aliphatic rings. The topological polar surface area (TPSA) is 69.6 Å². The molecular weight excluding hydrogens is 402 g/mol. The van der Waals surface area contributed by atoms with Gasteiger partial charge >= 0.3 is 0 Å². The average molecular weight is 418 g/mol. The van der Waals surface area contributed by atoms with Crippen molar-refractivity contribution in [1.29, 1.82) is 0 Å². The van der Waals surface area contributed by atoms with Crippen molar-refractivity contribution in [1.82, 2.24) is 24.9 Å². The summed E-state index contributed by atoms with van der Waals surface area (Å²) < 4.78 is 7.49. The van der Waals surface area contributed by atoms with Crippen molar-refractivity contribution in [3.63, 3.8) is 0 Å². The van der Waals surface area contributed by atoms with Crippen LogP contribution in [0.1, 0.15) is 18.3 Å². The van der Waals surface area contributed by atoms with Crippen LogP contribution in [-0.4, -0.2) is 24.9 Å². The molecule has 0 spiro atoms. The third kappa shape index (κ3) is 3.78. The molecule has 3 aromatic heterocycles. The fraction of sp³-hybridized carbons (Fsp3) is 0.222. The lowest BCUT2D eigenvalue weighted by atomic mass is 10.1. The Labute approximate surface area is 169 Å². The Morgan fingerprint density at radius 1 is 1.26 bits per heavy atom. The molecule has 138 valence electrons. The molecule has 6 nitrogen and oxygen atoms in total. The molecule has 27 heavy (non-hydrogen) atoms. The largest absolute Gasteiger partial charge is 0.334 e. The molecule has 0 atom stereocenters. The summed E-state index contributed by atoms with van der Waals surface area (Å²) in [5.41, 5.74) is 1.83. The molecule has 0 aliphatic heterocycles. The van der Waals surface area contributed by atoms with E-state index in [1.165, 1.54) is 11.8 Å². The number of nitrogens with zero attached hydrogens (tertiary/aromatic N) is 5. The third-order valence-electron chi connectivity index (χ3n) is 3.93. The number of halogens is 1. The molecule has 0 unspecified atom stereocenters. The van der Waals surface area contributed by atoms with E-state index in [9.17, 15) is 0 Å². The van der Waals surface area contributed by atoms with E-state index in [-0.39, 0.29) is 0 Å². The number of rotatable bonds is 6. The van der Waals surface area contributed by atoms with Crippen LogP contribution in [-0.2, 0) is 12.3 Å². The van der Waals surface area contributed by atoms with Crippen LogP contribution >= 0.6 is 34.7 Å². The smallest absolute Gasteiger partial charge is 0.259 e. The number of hydrogen-bond donors (Lipinski definition) is 0. The number of aryl methyl sites for hydroxylation is 1. The summed E-state index contributed by atoms with van der Waals surface area (Å²) in [6, 6.07) is 9.78. The van der Waals surface area contributed by atoms with Gasteiger partial charge in [-0.1, -0.05) is 46.2 Å². The van der Waals surface area contributed by atoms with Gasteiger partial charge in [-0.2, -0.15) is 4.98 Å². The lowest BCUT2D eigenvalue weighted by molar-refractivity contribution is 0.425. The lowest BCUT2D eigenvalue weighted by Gasteiger charge is -2.04. The van der Waals surface area contributed by atoms with Gasteiger partial charge in [0.15, 0.2) is 16.8 Å². The highest BCUT2D eigenvalue weighted by Crippen LogP contribution is 2.30. The van der Waals surface area contributed by atoms with Gasteiger partial charge in [0.05, 0.1) is 21.2 Å². The van der Waals surface area contributed by atoms with Crippen molar-refractivity contribution in [2.24, 2.45) is 0 Å². The quantitative estimate of drug-likeness (QED) is 0.395. The maximum Gasteiger partial charge on any atom is 0.259 e. The van der Waals surface area contributed by atoms with Crippen LogP contribution in [0.2, 0.25) is 5.02 Å². The lowest BCUT2D eigenvalue weighted by Crippen LogP contribution is -1.99. The molecular formula is C18H16ClN5OS2. The molecule has 0 N–H and O–H groups in total. The van der Waals surface area contributed by atoms with E-state index in [2.05, 4.69) is 31.8 Å². The summed E-state index contributed by atoms with van der Waals surface area (Å²) in [5, 5.41) is 16.2. The number of hydrogen-bond acceptors (Lipinski definition) is 7. The van der Waals surface area contributed by atoms with E-state index in [0.717, 1.165) is 33.5 Å². The van der Waals surface area contributed by atoms with Gasteiger partial charge in [-0.15, -0.1) is 21.5 Å². The Morgan fingerprint density at radius 2 is 2.15 bits per heavy atom. The molecule has 0 bridgehead atoms. The van der Waals surface area contributed by atoms with Crippen LogP contribution in [0.25, 0.3) is 22.2 Å². The van der Waals surface area contributed by atoms with E-state index in [4.69, 9.17) is 16.1 Å². The summed E-state index contributed by atoms with van der Waals surface area (Å²) in [6.07, 6.45) is 0. The molecule has 0 saturated carbocycles. The zero-order chi connectivity index (χ0) is 18.8. The highest BCUT2D eigenvalue weighted by Gasteiger charge is 2.16. The molecule has 1 aromatic carbocycles. The zero-order valence-corrected chi connectivity index (χ0v) is 17.1. The van der Waals surface area contributed by atoms with Gasteiger partial charge < -0.3 is 9.09 Å². The fourth-order valence-electron chi connectivity index (χ4n) is 2.62. The van der Waals surface area contributed by atoms with Crippen LogP contribution in [0, 0.1) is 6.92 Å². The van der Waals surface area contributed by atoms with Crippen molar-refractivity contribution in [3.05, 3.63) is 52.1 Å². The summed E-state index contributed by atoms with van der Waals surface area (Å²) >= 11 is 9.44. The molecule has 0 aliphatic carbocycles. The first-order valence-corrected chi connectivity index (χ1v) is 10.6. The normalized spacial score (nSPS) is 11.2. The van der Waals surface area contributed by atoms with E-state index < -0.39 is 0 Å². The third-order valence-corrected chi connectivity index (χ3v) is 6.08. The first-order valence-electron chi connectivity index (χ1n) is 8.34. The number of thioether (sulfide) groups is 1. The van der Waals surface area contributed by atoms with Crippen molar-refractivity contribution in [3.8, 4) is 22.2 Å². The minimum Gasteiger partial charge on any atom is -0.334 e. The summed E-state index contributed by atoms with van der Waals surface area (Å²) in [6.45, 7) is 4.87. The van der Waals surface area contributed by atoms with E-state index >= 15 is 0 Å². The van der Waals surface area contributed by atoms with Crippen molar-refractivity contribution < 1.29 is 4.52 Å². The minimum atomic E-state index is 0.426. The maximum absolute atomic E-state index is 6.25. The van der Waals surface area contributed by atoms with Crippen molar-refractivity contribution in [2.45, 2.75) is 31.3 Å². The zero-order valence-electron chi connectivity index (χ0n) is 14.7. The molecule has 0 radical (unpaired) electrons. The number of aromatic nitrogens is 5. The second-order valence-corrected chi connectivity index (χ2v) is 8.11. The standard InChI is InChI=1S/C18H16ClN5OS2/c1-3-24-16(14-5-4-8-26-14)21-22-18(24)27-10-15-20-17(25-23-15)12-9-11(2)6-7-13(12)19/h4-9H,3,10H2,1-2H3. The SMILES string of the molecule is CCn1c(SCc2noc(-c3cc(C)ccc3Cl)n2)nnc1-c1cccs1. The summed E-state index contributed by atoms with van der Waals surface area (Å²) in [5.74, 6) is 2.44. The molecule has 4 aromatic rings. The predicted octanol–water partition coefficient (Wildman–Crippen LogP) is 5.33. The van der Waals surface area contributed by atoms with Crippen molar-refractivity contribution in [2.75, 3.05) is 0 Å². The molecule has 3 heterocycles. The Balaban J connectivity index is 1.52. The van der Waals surface area contributed by atoms with E-state index in [1.807, 2.05) is 42.6 Å². The second-order valence-electron chi connectivity index (χ2n) is 5.82. The Bertz CT molecular complexity index is 1060. The Kier molecular flexibility index (Phi) is 5.29. The van der Waals surface area contributed by atoms with Gasteiger partial charge in [0.25, 0.3) is 5.89 Å². The molecule has 0 fully saturated rings. The highest BCUT2D eigenvalue weighted by molar-refractivity contribution is 7.98. The van der Waals surface area contributed by atoms with Crippen LogP contribution in [0.4, 0.5) is 0 Å². The van der Waals surface area contributed by atoms with Gasteiger partial charge in [0.2, 0.25) is 0 Å². The van der Waals surface area contributed by atoms with Gasteiger partial charge in [-0.25, -0.2) is 0 Å². The molecule has 4 rings (SSSR count). The van der Waals surface area contributed by atoms with Crippen LogP contribution in [0.15, 0.2) is 45.4 Å². The summed E-state index contributed by atoms with van der Waals surface area (Å²) in [4.78, 5) is 5.58. The first kappa shape index (κ1) is 18.2. The fourth-order valence-corrected chi connectivity index (χ4v) is 4.38. The molecule has 0 amide bonds. The molecule has 9 heteroatoms.